The molecule has 2 aromatic carbocycles. The number of para-hydroxylation sites is 1. The Labute approximate surface area is 214 Å². The quantitative estimate of drug-likeness (QED) is 0.228. The molecule has 3 amide bonds. The SMILES string of the molecule is O=C(CNC(=O)C1CCCN1)NC(Cc1c[nH]c2ccccc12)C(=O)NC(Cc1ccccc1)C(=O)O. The molecule has 0 radical (unpaired) electrons. The van der Waals surface area contributed by atoms with Gasteiger partial charge in [0.1, 0.15) is 12.1 Å². The number of benzene rings is 2. The van der Waals surface area contributed by atoms with Crippen molar-refractivity contribution in [3.63, 3.8) is 0 Å². The van der Waals surface area contributed by atoms with Gasteiger partial charge in [0.15, 0.2) is 0 Å². The molecule has 2 heterocycles. The summed E-state index contributed by atoms with van der Waals surface area (Å²) in [4.78, 5) is 53.4. The molecule has 0 bridgehead atoms. The number of hydrogen-bond acceptors (Lipinski definition) is 5. The lowest BCUT2D eigenvalue weighted by Gasteiger charge is -2.22. The monoisotopic (exact) mass is 505 g/mol. The molecule has 1 aliphatic heterocycles. The molecule has 194 valence electrons. The summed E-state index contributed by atoms with van der Waals surface area (Å²) in [7, 11) is 0. The number of amides is 3. The summed E-state index contributed by atoms with van der Waals surface area (Å²) in [6, 6.07) is 14.0. The molecule has 3 aromatic rings. The number of aromatic amines is 1. The third-order valence-corrected chi connectivity index (χ3v) is 6.45. The number of carboxylic acids is 1. The van der Waals surface area contributed by atoms with Gasteiger partial charge in [0.05, 0.1) is 12.6 Å². The summed E-state index contributed by atoms with van der Waals surface area (Å²) in [5, 5.41) is 21.6. The second kappa shape index (κ2) is 12.2. The Morgan fingerprint density at radius 1 is 0.946 bits per heavy atom. The van der Waals surface area contributed by atoms with Crippen LogP contribution in [0.3, 0.4) is 0 Å². The summed E-state index contributed by atoms with van der Waals surface area (Å²) in [5.74, 6) is -2.60. The smallest absolute Gasteiger partial charge is 0.326 e. The van der Waals surface area contributed by atoms with Crippen molar-refractivity contribution in [1.82, 2.24) is 26.3 Å². The maximum absolute atomic E-state index is 13.3. The van der Waals surface area contributed by atoms with E-state index in [0.29, 0.717) is 6.42 Å². The third kappa shape index (κ3) is 6.95. The molecular weight excluding hydrogens is 474 g/mol. The lowest BCUT2D eigenvalue weighted by Crippen LogP contribution is -2.54. The highest BCUT2D eigenvalue weighted by Gasteiger charge is 2.28. The van der Waals surface area contributed by atoms with Crippen LogP contribution in [0.25, 0.3) is 10.9 Å². The summed E-state index contributed by atoms with van der Waals surface area (Å²) in [6.45, 7) is 0.464. The largest absolute Gasteiger partial charge is 0.480 e. The lowest BCUT2D eigenvalue weighted by molar-refractivity contribution is -0.142. The Morgan fingerprint density at radius 2 is 1.70 bits per heavy atom. The van der Waals surface area contributed by atoms with Crippen LogP contribution in [0.2, 0.25) is 0 Å². The van der Waals surface area contributed by atoms with Gasteiger partial charge >= 0.3 is 5.97 Å². The van der Waals surface area contributed by atoms with E-state index < -0.39 is 29.9 Å². The summed E-state index contributed by atoms with van der Waals surface area (Å²) in [5.41, 5.74) is 2.44. The molecule has 6 N–H and O–H groups in total. The number of rotatable bonds is 11. The first-order valence-corrected chi connectivity index (χ1v) is 12.3. The molecular formula is C27H31N5O5. The van der Waals surface area contributed by atoms with Gasteiger partial charge in [-0.05, 0) is 36.6 Å². The Kier molecular flexibility index (Phi) is 8.52. The average molecular weight is 506 g/mol. The number of carboxylic acid groups (broad SMARTS) is 1. The number of hydrogen-bond donors (Lipinski definition) is 6. The molecule has 0 saturated carbocycles. The van der Waals surface area contributed by atoms with Gasteiger partial charge in [-0.15, -0.1) is 0 Å². The zero-order chi connectivity index (χ0) is 26.2. The van der Waals surface area contributed by atoms with E-state index in [1.165, 1.54) is 0 Å². The third-order valence-electron chi connectivity index (χ3n) is 6.45. The van der Waals surface area contributed by atoms with Crippen LogP contribution >= 0.6 is 0 Å². The Balaban J connectivity index is 1.46. The van der Waals surface area contributed by atoms with Gasteiger partial charge in [-0.1, -0.05) is 48.5 Å². The minimum Gasteiger partial charge on any atom is -0.480 e. The highest BCUT2D eigenvalue weighted by molar-refractivity contribution is 5.93. The predicted octanol–water partition coefficient (Wildman–Crippen LogP) is 0.876. The van der Waals surface area contributed by atoms with Crippen LogP contribution in [0.15, 0.2) is 60.8 Å². The van der Waals surface area contributed by atoms with E-state index in [2.05, 4.69) is 26.3 Å². The summed E-state index contributed by atoms with van der Waals surface area (Å²) in [6.07, 6.45) is 3.60. The number of H-pyrrole nitrogens is 1. The summed E-state index contributed by atoms with van der Waals surface area (Å²) >= 11 is 0. The molecule has 3 unspecified atom stereocenters. The van der Waals surface area contributed by atoms with Crippen molar-refractivity contribution >= 4 is 34.6 Å². The maximum Gasteiger partial charge on any atom is 0.326 e. The van der Waals surface area contributed by atoms with E-state index in [-0.39, 0.29) is 31.3 Å². The molecule has 10 nitrogen and oxygen atoms in total. The van der Waals surface area contributed by atoms with Crippen LogP contribution in [-0.2, 0) is 32.0 Å². The van der Waals surface area contributed by atoms with E-state index in [4.69, 9.17) is 0 Å². The maximum atomic E-state index is 13.3. The average Bonchev–Trinajstić information content (AvgIpc) is 3.58. The fraction of sp³-hybridized carbons (Fsp3) is 0.333. The first-order chi connectivity index (χ1) is 17.9. The van der Waals surface area contributed by atoms with Crippen LogP contribution in [0.5, 0.6) is 0 Å². The first kappa shape index (κ1) is 25.9. The second-order valence-electron chi connectivity index (χ2n) is 9.14. The van der Waals surface area contributed by atoms with Gasteiger partial charge in [0, 0.05) is 29.9 Å². The van der Waals surface area contributed by atoms with Crippen molar-refractivity contribution in [2.45, 2.75) is 43.8 Å². The fourth-order valence-corrected chi connectivity index (χ4v) is 4.50. The van der Waals surface area contributed by atoms with E-state index in [1.807, 2.05) is 30.3 Å². The van der Waals surface area contributed by atoms with Crippen LogP contribution in [0.1, 0.15) is 24.0 Å². The van der Waals surface area contributed by atoms with Gasteiger partial charge in [-0.25, -0.2) is 4.79 Å². The van der Waals surface area contributed by atoms with Crippen LogP contribution in [0.4, 0.5) is 0 Å². The van der Waals surface area contributed by atoms with Gasteiger partial charge < -0.3 is 31.4 Å². The number of carbonyl (C=O) groups excluding carboxylic acids is 3. The Morgan fingerprint density at radius 3 is 2.43 bits per heavy atom. The molecule has 0 aliphatic carbocycles. The second-order valence-corrected chi connectivity index (χ2v) is 9.14. The fourth-order valence-electron chi connectivity index (χ4n) is 4.50. The normalized spacial score (nSPS) is 16.6. The molecule has 4 rings (SSSR count). The number of aliphatic carboxylic acids is 1. The number of nitrogens with one attached hydrogen (secondary N) is 5. The molecule has 1 aliphatic rings. The zero-order valence-corrected chi connectivity index (χ0v) is 20.3. The minimum absolute atomic E-state index is 0.0973. The number of carbonyl (C=O) groups is 4. The van der Waals surface area contributed by atoms with Crippen LogP contribution < -0.4 is 21.3 Å². The van der Waals surface area contributed by atoms with Gasteiger partial charge in [-0.3, -0.25) is 14.4 Å². The molecule has 1 saturated heterocycles. The highest BCUT2D eigenvalue weighted by Crippen LogP contribution is 2.19. The molecule has 10 heteroatoms. The highest BCUT2D eigenvalue weighted by atomic mass is 16.4. The number of aromatic nitrogens is 1. The van der Waals surface area contributed by atoms with Crippen molar-refractivity contribution in [2.24, 2.45) is 0 Å². The predicted molar refractivity (Wildman–Crippen MR) is 138 cm³/mol. The standard InChI is InChI=1S/C27H31N5O5/c33-24(16-30-25(34)21-11-6-12-28-21)31-22(14-18-15-29-20-10-5-4-9-19(18)20)26(35)32-23(27(36)37)13-17-7-2-1-3-8-17/h1-5,7-10,15,21-23,28-29H,6,11-14,16H2,(H,30,34)(H,31,33)(H,32,35)(H,36,37). The number of fused-ring (bicyclic) bond motifs is 1. The zero-order valence-electron chi connectivity index (χ0n) is 20.3. The van der Waals surface area contributed by atoms with Crippen LogP contribution in [0, 0.1) is 0 Å². The summed E-state index contributed by atoms with van der Waals surface area (Å²) < 4.78 is 0. The van der Waals surface area contributed by atoms with Gasteiger partial charge in [0.25, 0.3) is 0 Å². The van der Waals surface area contributed by atoms with E-state index in [1.54, 1.807) is 30.5 Å². The Hall–Kier alpha value is -4.18. The van der Waals surface area contributed by atoms with Crippen molar-refractivity contribution < 1.29 is 24.3 Å². The Bertz CT molecular complexity index is 1250. The van der Waals surface area contributed by atoms with Gasteiger partial charge in [0.2, 0.25) is 17.7 Å². The van der Waals surface area contributed by atoms with E-state index in [9.17, 15) is 24.3 Å². The molecule has 1 aromatic heterocycles. The molecule has 1 fully saturated rings. The molecule has 0 spiro atoms. The van der Waals surface area contributed by atoms with E-state index >= 15 is 0 Å². The first-order valence-electron chi connectivity index (χ1n) is 12.3. The van der Waals surface area contributed by atoms with Crippen molar-refractivity contribution in [3.8, 4) is 0 Å². The van der Waals surface area contributed by atoms with E-state index in [0.717, 1.165) is 35.0 Å². The molecule has 37 heavy (non-hydrogen) atoms. The van der Waals surface area contributed by atoms with Crippen molar-refractivity contribution in [3.05, 3.63) is 71.9 Å². The lowest BCUT2D eigenvalue weighted by atomic mass is 10.0. The van der Waals surface area contributed by atoms with Crippen molar-refractivity contribution in [1.29, 1.82) is 0 Å². The topological polar surface area (TPSA) is 152 Å². The van der Waals surface area contributed by atoms with Crippen molar-refractivity contribution in [2.75, 3.05) is 13.1 Å². The molecule has 3 atom stereocenters. The minimum atomic E-state index is -1.18. The van der Waals surface area contributed by atoms with Crippen LogP contribution in [-0.4, -0.2) is 65.0 Å². The van der Waals surface area contributed by atoms with Gasteiger partial charge in [-0.2, -0.15) is 0 Å².